The Balaban J connectivity index is 1.18. The second kappa shape index (κ2) is 12.1. The fourth-order valence-corrected chi connectivity index (χ4v) is 5.88. The van der Waals surface area contributed by atoms with Crippen LogP contribution in [0.2, 0.25) is 0 Å². The monoisotopic (exact) mass is 587 g/mol. The Bertz CT molecular complexity index is 2160. The third kappa shape index (κ3) is 5.58. The molecule has 0 atom stereocenters. The van der Waals surface area contributed by atoms with Gasteiger partial charge in [-0.2, -0.15) is 0 Å². The number of hydrogen-bond donors (Lipinski definition) is 0. The van der Waals surface area contributed by atoms with Crippen LogP contribution in [0.3, 0.4) is 0 Å². The van der Waals surface area contributed by atoms with Gasteiger partial charge in [0, 0.05) is 29.1 Å². The van der Waals surface area contributed by atoms with Crippen LogP contribution in [0.5, 0.6) is 0 Å². The van der Waals surface area contributed by atoms with Gasteiger partial charge in [-0.3, -0.25) is 4.98 Å². The lowest BCUT2D eigenvalue weighted by Crippen LogP contribution is -1.96. The van der Waals surface area contributed by atoms with Gasteiger partial charge in [-0.1, -0.05) is 146 Å². The lowest BCUT2D eigenvalue weighted by Gasteiger charge is -2.11. The SMILES string of the molecule is c1ccc(-c2ccc(-c3cc(-c4ccc(-c5cccnc5)cc4)nc(-c4ccc(-c5ccc6ccccc6c5)cc4)n3)cc2)cc1. The summed E-state index contributed by atoms with van der Waals surface area (Å²) in [7, 11) is 0. The summed E-state index contributed by atoms with van der Waals surface area (Å²) in [4.78, 5) is 14.5. The predicted octanol–water partition coefficient (Wildman–Crippen LogP) is 11.0. The van der Waals surface area contributed by atoms with E-state index in [1.54, 1.807) is 6.20 Å². The van der Waals surface area contributed by atoms with Gasteiger partial charge in [-0.25, -0.2) is 9.97 Å². The number of benzene rings is 6. The van der Waals surface area contributed by atoms with E-state index >= 15 is 0 Å². The van der Waals surface area contributed by atoms with Crippen LogP contribution in [0.25, 0.3) is 78.1 Å². The van der Waals surface area contributed by atoms with E-state index in [-0.39, 0.29) is 0 Å². The smallest absolute Gasteiger partial charge is 0.160 e. The molecule has 216 valence electrons. The highest BCUT2D eigenvalue weighted by molar-refractivity contribution is 5.87. The second-order valence-electron chi connectivity index (χ2n) is 11.4. The summed E-state index contributed by atoms with van der Waals surface area (Å²) in [6.07, 6.45) is 3.68. The van der Waals surface area contributed by atoms with Crippen LogP contribution in [-0.2, 0) is 0 Å². The molecule has 0 radical (unpaired) electrons. The molecule has 46 heavy (non-hydrogen) atoms. The van der Waals surface area contributed by atoms with Crippen LogP contribution in [0.4, 0.5) is 0 Å². The van der Waals surface area contributed by atoms with Gasteiger partial charge in [0.1, 0.15) is 0 Å². The Morgan fingerprint density at radius 1 is 0.304 bits per heavy atom. The van der Waals surface area contributed by atoms with Crippen molar-refractivity contribution in [2.45, 2.75) is 0 Å². The van der Waals surface area contributed by atoms with E-state index < -0.39 is 0 Å². The molecule has 0 N–H and O–H groups in total. The molecule has 0 aliphatic heterocycles. The number of rotatable bonds is 6. The molecule has 0 aliphatic rings. The van der Waals surface area contributed by atoms with Crippen molar-refractivity contribution in [3.63, 3.8) is 0 Å². The molecule has 0 saturated carbocycles. The average molecular weight is 588 g/mol. The van der Waals surface area contributed by atoms with Crippen molar-refractivity contribution >= 4 is 10.8 Å². The molecule has 0 spiro atoms. The topological polar surface area (TPSA) is 38.7 Å². The third-order valence-electron chi connectivity index (χ3n) is 8.42. The summed E-state index contributed by atoms with van der Waals surface area (Å²) in [5.41, 5.74) is 11.7. The van der Waals surface area contributed by atoms with Crippen molar-refractivity contribution in [1.29, 1.82) is 0 Å². The highest BCUT2D eigenvalue weighted by atomic mass is 14.9. The second-order valence-corrected chi connectivity index (χ2v) is 11.4. The Labute approximate surface area is 268 Å². The van der Waals surface area contributed by atoms with E-state index in [4.69, 9.17) is 9.97 Å². The Kier molecular flexibility index (Phi) is 7.18. The highest BCUT2D eigenvalue weighted by Gasteiger charge is 2.12. The van der Waals surface area contributed by atoms with Crippen LogP contribution >= 0.6 is 0 Å². The van der Waals surface area contributed by atoms with Crippen LogP contribution in [0.1, 0.15) is 0 Å². The first kappa shape index (κ1) is 27.4. The molecule has 8 rings (SSSR count). The van der Waals surface area contributed by atoms with Crippen molar-refractivity contribution in [1.82, 2.24) is 15.0 Å². The van der Waals surface area contributed by atoms with E-state index in [1.165, 1.54) is 27.5 Å². The van der Waals surface area contributed by atoms with Gasteiger partial charge in [0.05, 0.1) is 11.4 Å². The number of pyridine rings is 1. The summed E-state index contributed by atoms with van der Waals surface area (Å²) in [6, 6.07) is 57.3. The molecule has 0 bridgehead atoms. The van der Waals surface area contributed by atoms with Gasteiger partial charge in [0.15, 0.2) is 5.82 Å². The van der Waals surface area contributed by atoms with Gasteiger partial charge in [0.2, 0.25) is 0 Å². The normalized spacial score (nSPS) is 11.0. The number of fused-ring (bicyclic) bond motifs is 1. The van der Waals surface area contributed by atoms with Crippen molar-refractivity contribution in [2.24, 2.45) is 0 Å². The maximum atomic E-state index is 5.09. The molecule has 0 aliphatic carbocycles. The van der Waals surface area contributed by atoms with Gasteiger partial charge in [-0.15, -0.1) is 0 Å². The van der Waals surface area contributed by atoms with Gasteiger partial charge in [0.25, 0.3) is 0 Å². The first-order chi connectivity index (χ1) is 22.8. The van der Waals surface area contributed by atoms with Crippen LogP contribution in [0.15, 0.2) is 176 Å². The molecular weight excluding hydrogens is 558 g/mol. The Hall–Kier alpha value is -6.19. The zero-order chi connectivity index (χ0) is 30.7. The van der Waals surface area contributed by atoms with E-state index in [9.17, 15) is 0 Å². The zero-order valence-corrected chi connectivity index (χ0v) is 25.1. The van der Waals surface area contributed by atoms with Crippen molar-refractivity contribution in [3.8, 4) is 67.3 Å². The summed E-state index contributed by atoms with van der Waals surface area (Å²) in [6.45, 7) is 0. The zero-order valence-electron chi connectivity index (χ0n) is 25.1. The first-order valence-electron chi connectivity index (χ1n) is 15.4. The molecule has 0 unspecified atom stereocenters. The quantitative estimate of drug-likeness (QED) is 0.194. The highest BCUT2D eigenvalue weighted by Crippen LogP contribution is 2.32. The predicted molar refractivity (Wildman–Crippen MR) is 190 cm³/mol. The fraction of sp³-hybridized carbons (Fsp3) is 0. The summed E-state index contributed by atoms with van der Waals surface area (Å²) in [5, 5.41) is 2.48. The van der Waals surface area contributed by atoms with Crippen LogP contribution < -0.4 is 0 Å². The number of nitrogens with zero attached hydrogens (tertiary/aromatic N) is 3. The van der Waals surface area contributed by atoms with Crippen molar-refractivity contribution in [2.75, 3.05) is 0 Å². The number of hydrogen-bond acceptors (Lipinski definition) is 3. The van der Waals surface area contributed by atoms with E-state index in [0.29, 0.717) is 5.82 Å². The van der Waals surface area contributed by atoms with Crippen molar-refractivity contribution < 1.29 is 0 Å². The fourth-order valence-electron chi connectivity index (χ4n) is 5.88. The Morgan fingerprint density at radius 3 is 1.41 bits per heavy atom. The van der Waals surface area contributed by atoms with E-state index in [0.717, 1.165) is 44.8 Å². The molecule has 0 amide bonds. The third-order valence-corrected chi connectivity index (χ3v) is 8.42. The molecule has 6 aromatic carbocycles. The summed E-state index contributed by atoms with van der Waals surface area (Å²) < 4.78 is 0. The van der Waals surface area contributed by atoms with Crippen LogP contribution in [0, 0.1) is 0 Å². The van der Waals surface area contributed by atoms with E-state index in [1.807, 2.05) is 18.3 Å². The van der Waals surface area contributed by atoms with Gasteiger partial charge >= 0.3 is 0 Å². The first-order valence-corrected chi connectivity index (χ1v) is 15.4. The Morgan fingerprint density at radius 2 is 0.783 bits per heavy atom. The molecular formula is C43H29N3. The molecule has 0 saturated heterocycles. The standard InChI is InChI=1S/C43H29N3/c1-2-7-30(8-3-1)32-12-19-35(20-13-32)41-28-42(36-21-14-34(15-22-36)40-11-6-26-44-29-40)46-43(45-41)37-23-16-33(17-24-37)39-25-18-31-9-4-5-10-38(31)27-39/h1-29H. The lowest BCUT2D eigenvalue weighted by atomic mass is 9.99. The van der Waals surface area contributed by atoms with Gasteiger partial charge in [-0.05, 0) is 62.4 Å². The molecule has 8 aromatic rings. The molecule has 0 fully saturated rings. The molecule has 3 nitrogen and oxygen atoms in total. The maximum Gasteiger partial charge on any atom is 0.160 e. The minimum Gasteiger partial charge on any atom is -0.264 e. The largest absolute Gasteiger partial charge is 0.264 e. The minimum atomic E-state index is 0.695. The van der Waals surface area contributed by atoms with Gasteiger partial charge < -0.3 is 0 Å². The molecule has 2 heterocycles. The minimum absolute atomic E-state index is 0.695. The number of aromatic nitrogens is 3. The van der Waals surface area contributed by atoms with E-state index in [2.05, 4.69) is 157 Å². The molecule has 3 heteroatoms. The van der Waals surface area contributed by atoms with Crippen LogP contribution in [-0.4, -0.2) is 15.0 Å². The van der Waals surface area contributed by atoms with Crippen molar-refractivity contribution in [3.05, 3.63) is 176 Å². The maximum absolute atomic E-state index is 5.09. The molecule has 2 aromatic heterocycles. The average Bonchev–Trinajstić information content (AvgIpc) is 3.15. The lowest BCUT2D eigenvalue weighted by molar-refractivity contribution is 1.18. The summed E-state index contributed by atoms with van der Waals surface area (Å²) >= 11 is 0. The summed E-state index contributed by atoms with van der Waals surface area (Å²) in [5.74, 6) is 0.695.